The van der Waals surface area contributed by atoms with Crippen LogP contribution in [0.15, 0.2) is 12.1 Å². The Bertz CT molecular complexity index is 342. The molecule has 2 nitrogen and oxygen atoms in total. The van der Waals surface area contributed by atoms with E-state index in [1.165, 1.54) is 0 Å². The average molecular weight is 168 g/mol. The highest BCUT2D eigenvalue weighted by molar-refractivity contribution is 5.35. The van der Waals surface area contributed by atoms with Crippen LogP contribution >= 0.6 is 0 Å². The summed E-state index contributed by atoms with van der Waals surface area (Å²) in [5.41, 5.74) is 5.12. The fourth-order valence-corrected chi connectivity index (χ4v) is 0.836. The van der Waals surface area contributed by atoms with Crippen molar-refractivity contribution in [3.05, 3.63) is 34.9 Å². The summed E-state index contributed by atoms with van der Waals surface area (Å²) in [5, 5.41) is 8.38. The fraction of sp³-hybridized carbons (Fsp3) is 0.125. The van der Waals surface area contributed by atoms with Gasteiger partial charge in [0.15, 0.2) is 0 Å². The zero-order valence-corrected chi connectivity index (χ0v) is 6.14. The highest BCUT2D eigenvalue weighted by atomic mass is 19.1. The van der Waals surface area contributed by atoms with Gasteiger partial charge in [0.2, 0.25) is 0 Å². The number of hydrogen-bond donors (Lipinski definition) is 1. The van der Waals surface area contributed by atoms with Gasteiger partial charge in [-0.15, -0.1) is 0 Å². The smallest absolute Gasteiger partial charge is 0.143 e. The number of nitrogens with zero attached hydrogens (tertiary/aromatic N) is 1. The number of nitriles is 1. The van der Waals surface area contributed by atoms with Gasteiger partial charge in [0.1, 0.15) is 17.7 Å². The van der Waals surface area contributed by atoms with Crippen molar-refractivity contribution >= 4 is 0 Å². The SMILES string of the molecule is N#Cc1cc(CN)c(F)cc1F. The van der Waals surface area contributed by atoms with Crippen molar-refractivity contribution in [1.82, 2.24) is 0 Å². The molecule has 1 aromatic rings. The van der Waals surface area contributed by atoms with Crippen LogP contribution in [0.2, 0.25) is 0 Å². The second kappa shape index (κ2) is 3.28. The lowest BCUT2D eigenvalue weighted by atomic mass is 10.1. The normalized spacial score (nSPS) is 9.50. The summed E-state index contributed by atoms with van der Waals surface area (Å²) in [6.45, 7) is -0.0409. The van der Waals surface area contributed by atoms with Crippen molar-refractivity contribution < 1.29 is 8.78 Å². The summed E-state index contributed by atoms with van der Waals surface area (Å²) in [6.07, 6.45) is 0. The van der Waals surface area contributed by atoms with E-state index in [4.69, 9.17) is 11.0 Å². The Hall–Kier alpha value is -1.47. The highest BCUT2D eigenvalue weighted by Crippen LogP contribution is 2.13. The van der Waals surface area contributed by atoms with E-state index in [0.29, 0.717) is 6.07 Å². The number of nitrogens with two attached hydrogens (primary N) is 1. The summed E-state index contributed by atoms with van der Waals surface area (Å²) in [7, 11) is 0. The summed E-state index contributed by atoms with van der Waals surface area (Å²) in [6, 6.07) is 3.38. The van der Waals surface area contributed by atoms with E-state index < -0.39 is 11.6 Å². The molecule has 1 aromatic carbocycles. The second-order valence-electron chi connectivity index (χ2n) is 2.24. The Morgan fingerprint density at radius 3 is 2.50 bits per heavy atom. The van der Waals surface area contributed by atoms with Crippen molar-refractivity contribution in [1.29, 1.82) is 5.26 Å². The third kappa shape index (κ3) is 1.41. The van der Waals surface area contributed by atoms with Crippen molar-refractivity contribution in [2.75, 3.05) is 0 Å². The molecule has 0 aromatic heterocycles. The molecule has 0 radical (unpaired) electrons. The largest absolute Gasteiger partial charge is 0.326 e. The van der Waals surface area contributed by atoms with E-state index in [1.807, 2.05) is 0 Å². The molecule has 12 heavy (non-hydrogen) atoms. The van der Waals surface area contributed by atoms with E-state index in [9.17, 15) is 8.78 Å². The van der Waals surface area contributed by atoms with Gasteiger partial charge in [-0.25, -0.2) is 8.78 Å². The Morgan fingerprint density at radius 1 is 1.33 bits per heavy atom. The van der Waals surface area contributed by atoms with Crippen LogP contribution in [0.1, 0.15) is 11.1 Å². The minimum atomic E-state index is -0.854. The standard InChI is InChI=1S/C8H6F2N2/c9-7-2-8(10)6(4-12)1-5(7)3-11/h1-2H,3,11H2. The predicted octanol–water partition coefficient (Wildman–Crippen LogP) is 1.30. The van der Waals surface area contributed by atoms with E-state index in [-0.39, 0.29) is 17.7 Å². The maximum atomic E-state index is 12.7. The summed E-state index contributed by atoms with van der Waals surface area (Å²) in [5.74, 6) is -1.57. The minimum Gasteiger partial charge on any atom is -0.326 e. The monoisotopic (exact) mass is 168 g/mol. The first-order chi connectivity index (χ1) is 5.69. The van der Waals surface area contributed by atoms with Crippen molar-refractivity contribution in [2.24, 2.45) is 5.73 Å². The molecule has 0 aliphatic carbocycles. The van der Waals surface area contributed by atoms with Gasteiger partial charge in [0.25, 0.3) is 0 Å². The van der Waals surface area contributed by atoms with Crippen LogP contribution in [0, 0.1) is 23.0 Å². The van der Waals surface area contributed by atoms with Crippen LogP contribution < -0.4 is 5.73 Å². The van der Waals surface area contributed by atoms with E-state index in [2.05, 4.69) is 0 Å². The maximum Gasteiger partial charge on any atom is 0.143 e. The molecule has 0 heterocycles. The van der Waals surface area contributed by atoms with Crippen LogP contribution in [0.25, 0.3) is 0 Å². The Balaban J connectivity index is 3.30. The number of benzene rings is 1. The number of halogens is 2. The lowest BCUT2D eigenvalue weighted by Gasteiger charge is -2.00. The molecule has 0 unspecified atom stereocenters. The Morgan fingerprint density at radius 2 is 2.00 bits per heavy atom. The molecule has 2 N–H and O–H groups in total. The van der Waals surface area contributed by atoms with E-state index in [0.717, 1.165) is 6.07 Å². The van der Waals surface area contributed by atoms with E-state index >= 15 is 0 Å². The molecular formula is C8H6F2N2. The quantitative estimate of drug-likeness (QED) is 0.686. The molecular weight excluding hydrogens is 162 g/mol. The lowest BCUT2D eigenvalue weighted by molar-refractivity contribution is 0.570. The van der Waals surface area contributed by atoms with Gasteiger partial charge in [0, 0.05) is 18.2 Å². The van der Waals surface area contributed by atoms with Crippen LogP contribution in [0.4, 0.5) is 8.78 Å². The Kier molecular flexibility index (Phi) is 2.36. The first kappa shape index (κ1) is 8.62. The van der Waals surface area contributed by atoms with Gasteiger partial charge >= 0.3 is 0 Å². The molecule has 0 aliphatic heterocycles. The lowest BCUT2D eigenvalue weighted by Crippen LogP contribution is -2.01. The third-order valence-corrected chi connectivity index (χ3v) is 1.48. The van der Waals surface area contributed by atoms with Crippen molar-refractivity contribution in [2.45, 2.75) is 6.54 Å². The topological polar surface area (TPSA) is 49.8 Å². The molecule has 1 rings (SSSR count). The van der Waals surface area contributed by atoms with Gasteiger partial charge in [-0.1, -0.05) is 0 Å². The fourth-order valence-electron chi connectivity index (χ4n) is 0.836. The van der Waals surface area contributed by atoms with Gasteiger partial charge in [-0.3, -0.25) is 0 Å². The van der Waals surface area contributed by atoms with Gasteiger partial charge in [-0.05, 0) is 6.07 Å². The molecule has 0 bridgehead atoms. The maximum absolute atomic E-state index is 12.7. The molecule has 4 heteroatoms. The molecule has 0 saturated carbocycles. The highest BCUT2D eigenvalue weighted by Gasteiger charge is 2.07. The molecule has 0 fully saturated rings. The summed E-state index contributed by atoms with van der Waals surface area (Å²) >= 11 is 0. The van der Waals surface area contributed by atoms with Gasteiger partial charge in [-0.2, -0.15) is 5.26 Å². The van der Waals surface area contributed by atoms with Crippen LogP contribution in [0.3, 0.4) is 0 Å². The number of rotatable bonds is 1. The molecule has 0 spiro atoms. The van der Waals surface area contributed by atoms with Crippen LogP contribution in [-0.4, -0.2) is 0 Å². The van der Waals surface area contributed by atoms with E-state index in [1.54, 1.807) is 6.07 Å². The molecule has 0 saturated heterocycles. The van der Waals surface area contributed by atoms with Gasteiger partial charge < -0.3 is 5.73 Å². The Labute approximate surface area is 68.2 Å². The summed E-state index contributed by atoms with van der Waals surface area (Å²) in [4.78, 5) is 0. The predicted molar refractivity (Wildman–Crippen MR) is 39.0 cm³/mol. The second-order valence-corrected chi connectivity index (χ2v) is 2.24. The zero-order valence-electron chi connectivity index (χ0n) is 6.14. The average Bonchev–Trinajstić information content (AvgIpc) is 2.05. The first-order valence-corrected chi connectivity index (χ1v) is 3.27. The van der Waals surface area contributed by atoms with Crippen LogP contribution in [0.5, 0.6) is 0 Å². The minimum absolute atomic E-state index is 0.0409. The zero-order chi connectivity index (χ0) is 9.14. The van der Waals surface area contributed by atoms with Crippen LogP contribution in [-0.2, 0) is 6.54 Å². The van der Waals surface area contributed by atoms with Crippen molar-refractivity contribution in [3.63, 3.8) is 0 Å². The summed E-state index contributed by atoms with van der Waals surface area (Å²) < 4.78 is 25.4. The van der Waals surface area contributed by atoms with Crippen molar-refractivity contribution in [3.8, 4) is 6.07 Å². The molecule has 62 valence electrons. The third-order valence-electron chi connectivity index (χ3n) is 1.48. The molecule has 0 aliphatic rings. The molecule has 0 atom stereocenters. The number of hydrogen-bond acceptors (Lipinski definition) is 2. The molecule has 0 amide bonds. The van der Waals surface area contributed by atoms with Gasteiger partial charge in [0.05, 0.1) is 5.56 Å². The first-order valence-electron chi connectivity index (χ1n) is 3.27.